The van der Waals surface area contributed by atoms with Crippen molar-refractivity contribution in [3.63, 3.8) is 0 Å². The van der Waals surface area contributed by atoms with Gasteiger partial charge in [-0.15, -0.1) is 0 Å². The standard InChI is InChI=1S/C19H23BrN2O3S/c1-26-10-9-16(17(23)21-13-6-4-5-12(20)11-13)22-18(24)14-7-2-3-8-15(14)19(22)25/h4-6,11,14-16H,2-3,7-10H2,1H3,(H,21,23). The Morgan fingerprint density at radius 1 is 1.27 bits per heavy atom. The minimum atomic E-state index is -0.743. The van der Waals surface area contributed by atoms with Gasteiger partial charge in [-0.05, 0) is 49.5 Å². The van der Waals surface area contributed by atoms with Crippen molar-refractivity contribution in [1.29, 1.82) is 0 Å². The van der Waals surface area contributed by atoms with Gasteiger partial charge in [-0.25, -0.2) is 0 Å². The van der Waals surface area contributed by atoms with Crippen molar-refractivity contribution in [2.45, 2.75) is 38.1 Å². The summed E-state index contributed by atoms with van der Waals surface area (Å²) >= 11 is 4.99. The van der Waals surface area contributed by atoms with E-state index in [1.165, 1.54) is 4.90 Å². The molecule has 1 saturated heterocycles. The second kappa shape index (κ2) is 8.57. The minimum absolute atomic E-state index is 0.157. The lowest BCUT2D eigenvalue weighted by molar-refractivity contribution is -0.146. The molecule has 1 aromatic carbocycles. The maximum atomic E-state index is 12.9. The molecule has 1 N–H and O–H groups in total. The maximum Gasteiger partial charge on any atom is 0.247 e. The van der Waals surface area contributed by atoms with Crippen molar-refractivity contribution >= 4 is 51.1 Å². The molecule has 3 atom stereocenters. The van der Waals surface area contributed by atoms with E-state index in [0.717, 1.165) is 30.2 Å². The maximum absolute atomic E-state index is 12.9. The van der Waals surface area contributed by atoms with Crippen molar-refractivity contribution in [2.24, 2.45) is 11.8 Å². The van der Waals surface area contributed by atoms with Gasteiger partial charge in [-0.1, -0.05) is 34.8 Å². The van der Waals surface area contributed by atoms with Gasteiger partial charge in [0.15, 0.2) is 0 Å². The summed E-state index contributed by atoms with van der Waals surface area (Å²) in [5.74, 6) is -0.357. The van der Waals surface area contributed by atoms with E-state index in [2.05, 4.69) is 21.2 Å². The molecule has 1 aliphatic carbocycles. The molecule has 2 aliphatic rings. The summed E-state index contributed by atoms with van der Waals surface area (Å²) in [6.45, 7) is 0. The van der Waals surface area contributed by atoms with E-state index < -0.39 is 6.04 Å². The molecule has 5 nitrogen and oxygen atoms in total. The molecule has 26 heavy (non-hydrogen) atoms. The molecule has 3 unspecified atom stereocenters. The molecule has 2 fully saturated rings. The van der Waals surface area contributed by atoms with Crippen molar-refractivity contribution in [2.75, 3.05) is 17.3 Å². The van der Waals surface area contributed by atoms with Crippen LogP contribution in [0.15, 0.2) is 28.7 Å². The predicted molar refractivity (Wildman–Crippen MR) is 107 cm³/mol. The molecule has 1 heterocycles. The van der Waals surface area contributed by atoms with Crippen LogP contribution in [-0.2, 0) is 14.4 Å². The van der Waals surface area contributed by atoms with Gasteiger partial charge in [0.2, 0.25) is 17.7 Å². The number of rotatable bonds is 6. The van der Waals surface area contributed by atoms with Gasteiger partial charge in [0.05, 0.1) is 11.8 Å². The van der Waals surface area contributed by atoms with Gasteiger partial charge in [-0.2, -0.15) is 11.8 Å². The van der Waals surface area contributed by atoms with Crippen molar-refractivity contribution in [3.05, 3.63) is 28.7 Å². The molecule has 1 aromatic rings. The Kier molecular flexibility index (Phi) is 6.40. The minimum Gasteiger partial charge on any atom is -0.324 e. The van der Waals surface area contributed by atoms with Crippen LogP contribution >= 0.6 is 27.7 Å². The molecule has 140 valence electrons. The van der Waals surface area contributed by atoms with Gasteiger partial charge in [0, 0.05) is 10.2 Å². The summed E-state index contributed by atoms with van der Waals surface area (Å²) in [5.41, 5.74) is 0.648. The van der Waals surface area contributed by atoms with Crippen LogP contribution in [0.1, 0.15) is 32.1 Å². The Bertz CT molecular complexity index is 688. The molecule has 7 heteroatoms. The quantitative estimate of drug-likeness (QED) is 0.687. The number of benzene rings is 1. The highest BCUT2D eigenvalue weighted by atomic mass is 79.9. The van der Waals surface area contributed by atoms with E-state index in [4.69, 9.17) is 0 Å². The molecule has 0 spiro atoms. The van der Waals surface area contributed by atoms with Gasteiger partial charge in [0.1, 0.15) is 6.04 Å². The fourth-order valence-electron chi connectivity index (χ4n) is 3.89. The number of hydrogen-bond acceptors (Lipinski definition) is 4. The van der Waals surface area contributed by atoms with Crippen molar-refractivity contribution in [3.8, 4) is 0 Å². The number of likely N-dealkylation sites (tertiary alicyclic amines) is 1. The lowest BCUT2D eigenvalue weighted by Crippen LogP contribution is -2.48. The smallest absolute Gasteiger partial charge is 0.247 e. The molecule has 1 aliphatic heterocycles. The van der Waals surface area contributed by atoms with Crippen molar-refractivity contribution in [1.82, 2.24) is 4.90 Å². The van der Waals surface area contributed by atoms with E-state index in [-0.39, 0.29) is 29.6 Å². The first kappa shape index (κ1) is 19.4. The summed E-state index contributed by atoms with van der Waals surface area (Å²) in [6, 6.07) is 6.56. The number of thioether (sulfide) groups is 1. The molecule has 0 radical (unpaired) electrons. The summed E-state index contributed by atoms with van der Waals surface area (Å²) in [5, 5.41) is 2.87. The Balaban J connectivity index is 1.81. The third-order valence-corrected chi connectivity index (χ3v) is 6.31. The topological polar surface area (TPSA) is 66.5 Å². The number of anilines is 1. The first-order valence-corrected chi connectivity index (χ1v) is 11.1. The second-order valence-electron chi connectivity index (χ2n) is 6.84. The molecule has 3 amide bonds. The lowest BCUT2D eigenvalue weighted by atomic mass is 9.81. The average Bonchev–Trinajstić information content (AvgIpc) is 2.87. The lowest BCUT2D eigenvalue weighted by Gasteiger charge is -2.26. The zero-order valence-electron chi connectivity index (χ0n) is 14.7. The van der Waals surface area contributed by atoms with E-state index >= 15 is 0 Å². The molecule has 3 rings (SSSR count). The fourth-order valence-corrected chi connectivity index (χ4v) is 4.75. The van der Waals surface area contributed by atoms with Crippen molar-refractivity contribution < 1.29 is 14.4 Å². The van der Waals surface area contributed by atoms with Gasteiger partial charge >= 0.3 is 0 Å². The van der Waals surface area contributed by atoms with Crippen LogP contribution < -0.4 is 5.32 Å². The number of imide groups is 1. The zero-order valence-corrected chi connectivity index (χ0v) is 17.1. The molecular weight excluding hydrogens is 416 g/mol. The Morgan fingerprint density at radius 3 is 2.50 bits per heavy atom. The van der Waals surface area contributed by atoms with E-state index in [0.29, 0.717) is 17.9 Å². The molecule has 0 aromatic heterocycles. The normalized spacial score (nSPS) is 23.7. The number of nitrogens with zero attached hydrogens (tertiary/aromatic N) is 1. The molecule has 1 saturated carbocycles. The second-order valence-corrected chi connectivity index (χ2v) is 8.74. The van der Waals surface area contributed by atoms with Crippen LogP contribution in [-0.4, -0.2) is 40.7 Å². The summed E-state index contributed by atoms with van der Waals surface area (Å²) in [4.78, 5) is 40.0. The number of nitrogens with one attached hydrogen (secondary N) is 1. The first-order chi connectivity index (χ1) is 12.5. The zero-order chi connectivity index (χ0) is 18.7. The number of fused-ring (bicyclic) bond motifs is 1. The number of amides is 3. The van der Waals surface area contributed by atoms with Gasteiger partial charge in [-0.3, -0.25) is 19.3 Å². The highest BCUT2D eigenvalue weighted by Gasteiger charge is 2.51. The van der Waals surface area contributed by atoms with E-state index in [9.17, 15) is 14.4 Å². The highest BCUT2D eigenvalue weighted by molar-refractivity contribution is 9.10. The van der Waals surface area contributed by atoms with Crippen LogP contribution in [0.4, 0.5) is 5.69 Å². The Hall–Kier alpha value is -1.34. The molecule has 0 bridgehead atoms. The number of halogens is 1. The van der Waals surface area contributed by atoms with Crippen LogP contribution in [0.3, 0.4) is 0 Å². The SMILES string of the molecule is CSCCC(C(=O)Nc1cccc(Br)c1)N1C(=O)C2CCCCC2C1=O. The Morgan fingerprint density at radius 2 is 1.92 bits per heavy atom. The van der Waals surface area contributed by atoms with Crippen LogP contribution in [0, 0.1) is 11.8 Å². The number of carbonyl (C=O) groups excluding carboxylic acids is 3. The predicted octanol–water partition coefficient (Wildman–Crippen LogP) is 3.68. The van der Waals surface area contributed by atoms with Crippen LogP contribution in [0.25, 0.3) is 0 Å². The molecular formula is C19H23BrN2O3S. The first-order valence-electron chi connectivity index (χ1n) is 8.95. The average molecular weight is 439 g/mol. The fraction of sp³-hybridized carbons (Fsp3) is 0.526. The highest BCUT2D eigenvalue weighted by Crippen LogP contribution is 2.39. The summed E-state index contributed by atoms with van der Waals surface area (Å²) in [6.07, 6.45) is 5.90. The van der Waals surface area contributed by atoms with E-state index in [1.54, 1.807) is 23.9 Å². The Labute approximate surface area is 166 Å². The van der Waals surface area contributed by atoms with E-state index in [1.807, 2.05) is 18.4 Å². The number of carbonyl (C=O) groups is 3. The third-order valence-electron chi connectivity index (χ3n) is 5.18. The van der Waals surface area contributed by atoms with Crippen LogP contribution in [0.2, 0.25) is 0 Å². The van der Waals surface area contributed by atoms with Crippen LogP contribution in [0.5, 0.6) is 0 Å². The largest absolute Gasteiger partial charge is 0.324 e. The summed E-state index contributed by atoms with van der Waals surface area (Å²) < 4.78 is 0.857. The number of hydrogen-bond donors (Lipinski definition) is 1. The van der Waals surface area contributed by atoms with Gasteiger partial charge < -0.3 is 5.32 Å². The monoisotopic (exact) mass is 438 g/mol. The van der Waals surface area contributed by atoms with Gasteiger partial charge in [0.25, 0.3) is 0 Å². The summed E-state index contributed by atoms with van der Waals surface area (Å²) in [7, 11) is 0. The third kappa shape index (κ3) is 3.98.